The summed E-state index contributed by atoms with van der Waals surface area (Å²) in [6.45, 7) is 9.96. The van der Waals surface area contributed by atoms with Crippen molar-refractivity contribution in [3.63, 3.8) is 0 Å². The molecular weight excluding hydrogens is 413 g/mol. The fourth-order valence-electron chi connectivity index (χ4n) is 2.91. The molecule has 2 unspecified atom stereocenters. The summed E-state index contributed by atoms with van der Waals surface area (Å²) in [6.07, 6.45) is 2.51. The van der Waals surface area contributed by atoms with Crippen LogP contribution in [0.5, 0.6) is 0 Å². The van der Waals surface area contributed by atoms with Crippen molar-refractivity contribution in [2.75, 3.05) is 26.2 Å². The number of hydrogen-bond acceptors (Lipinski definition) is 2. The molecule has 1 aliphatic heterocycles. The monoisotopic (exact) mass is 445 g/mol. The fourth-order valence-corrected chi connectivity index (χ4v) is 2.91. The molecular formula is C19H32IN3O. The van der Waals surface area contributed by atoms with Crippen LogP contribution in [0.25, 0.3) is 0 Å². The number of benzene rings is 1. The summed E-state index contributed by atoms with van der Waals surface area (Å²) in [5, 5.41) is 6.83. The highest BCUT2D eigenvalue weighted by molar-refractivity contribution is 14.0. The minimum Gasteiger partial charge on any atom is -0.373 e. The zero-order valence-electron chi connectivity index (χ0n) is 15.1. The topological polar surface area (TPSA) is 45.7 Å². The molecule has 2 rings (SSSR count). The summed E-state index contributed by atoms with van der Waals surface area (Å²) in [6, 6.07) is 10.6. The van der Waals surface area contributed by atoms with Gasteiger partial charge in [0, 0.05) is 32.2 Å². The van der Waals surface area contributed by atoms with Gasteiger partial charge in [-0.3, -0.25) is 4.99 Å². The molecule has 2 N–H and O–H groups in total. The first-order valence-electron chi connectivity index (χ1n) is 8.89. The third kappa shape index (κ3) is 6.97. The maximum absolute atomic E-state index is 6.07. The predicted octanol–water partition coefficient (Wildman–Crippen LogP) is 3.98. The van der Waals surface area contributed by atoms with E-state index in [9.17, 15) is 0 Å². The minimum absolute atomic E-state index is 0. The molecule has 5 heteroatoms. The Labute approximate surface area is 163 Å². The van der Waals surface area contributed by atoms with E-state index in [-0.39, 0.29) is 30.1 Å². The van der Waals surface area contributed by atoms with Crippen molar-refractivity contribution in [1.82, 2.24) is 10.6 Å². The van der Waals surface area contributed by atoms with E-state index >= 15 is 0 Å². The van der Waals surface area contributed by atoms with E-state index in [0.717, 1.165) is 38.6 Å². The summed E-state index contributed by atoms with van der Waals surface area (Å²) < 4.78 is 6.07. The average Bonchev–Trinajstić information content (AvgIpc) is 2.58. The lowest BCUT2D eigenvalue weighted by molar-refractivity contribution is -0.0265. The fraction of sp³-hybridized carbons (Fsp3) is 0.632. The zero-order valence-corrected chi connectivity index (χ0v) is 17.5. The molecule has 2 atom stereocenters. The lowest BCUT2D eigenvalue weighted by atomic mass is 9.89. The second-order valence-electron chi connectivity index (χ2n) is 6.60. The van der Waals surface area contributed by atoms with Crippen molar-refractivity contribution in [1.29, 1.82) is 0 Å². The van der Waals surface area contributed by atoms with Gasteiger partial charge in [-0.25, -0.2) is 0 Å². The molecule has 0 amide bonds. The van der Waals surface area contributed by atoms with Crippen LogP contribution in [0.3, 0.4) is 0 Å². The molecule has 1 fully saturated rings. The summed E-state index contributed by atoms with van der Waals surface area (Å²) in [5.41, 5.74) is 1.28. The Morgan fingerprint density at radius 3 is 2.67 bits per heavy atom. The first kappa shape index (κ1) is 21.2. The Morgan fingerprint density at radius 2 is 2.00 bits per heavy atom. The number of nitrogens with one attached hydrogen (secondary N) is 2. The van der Waals surface area contributed by atoms with E-state index in [1.54, 1.807) is 0 Å². The number of hydrogen-bond donors (Lipinski definition) is 2. The Morgan fingerprint density at radius 1 is 1.25 bits per heavy atom. The van der Waals surface area contributed by atoms with E-state index < -0.39 is 0 Å². The molecule has 1 aromatic rings. The lowest BCUT2D eigenvalue weighted by Crippen LogP contribution is -2.42. The van der Waals surface area contributed by atoms with Crippen molar-refractivity contribution in [2.45, 2.75) is 39.7 Å². The summed E-state index contributed by atoms with van der Waals surface area (Å²) in [4.78, 5) is 4.65. The number of rotatable bonds is 6. The van der Waals surface area contributed by atoms with Crippen molar-refractivity contribution in [2.24, 2.45) is 16.8 Å². The van der Waals surface area contributed by atoms with E-state index in [0.29, 0.717) is 11.8 Å². The third-order valence-electron chi connectivity index (χ3n) is 4.06. The molecule has 0 saturated carbocycles. The molecule has 1 aliphatic rings. The number of halogens is 1. The molecule has 0 bridgehead atoms. The Balaban J connectivity index is 0.00000288. The zero-order chi connectivity index (χ0) is 16.5. The molecule has 1 heterocycles. The second-order valence-corrected chi connectivity index (χ2v) is 6.60. The van der Waals surface area contributed by atoms with Crippen LogP contribution >= 0.6 is 24.0 Å². The maximum atomic E-state index is 6.07. The molecule has 136 valence electrons. The van der Waals surface area contributed by atoms with Gasteiger partial charge in [0.1, 0.15) is 0 Å². The SMILES string of the molecule is CCNC(=NCC(C)C)NCC1CCCOC1c1ccccc1.I. The highest BCUT2D eigenvalue weighted by Crippen LogP contribution is 2.32. The van der Waals surface area contributed by atoms with Gasteiger partial charge < -0.3 is 15.4 Å². The van der Waals surface area contributed by atoms with Crippen molar-refractivity contribution in [3.05, 3.63) is 35.9 Å². The van der Waals surface area contributed by atoms with Gasteiger partial charge in [-0.2, -0.15) is 0 Å². The van der Waals surface area contributed by atoms with E-state index in [2.05, 4.69) is 66.7 Å². The molecule has 0 aromatic heterocycles. The van der Waals surface area contributed by atoms with Crippen LogP contribution in [0.15, 0.2) is 35.3 Å². The molecule has 0 spiro atoms. The second kappa shape index (κ2) is 11.7. The molecule has 1 saturated heterocycles. The van der Waals surface area contributed by atoms with Crippen molar-refractivity contribution >= 4 is 29.9 Å². The average molecular weight is 445 g/mol. The third-order valence-corrected chi connectivity index (χ3v) is 4.06. The largest absolute Gasteiger partial charge is 0.373 e. The lowest BCUT2D eigenvalue weighted by Gasteiger charge is -2.32. The number of aliphatic imine (C=N–C) groups is 1. The molecule has 4 nitrogen and oxygen atoms in total. The van der Waals surface area contributed by atoms with Gasteiger partial charge in [-0.1, -0.05) is 44.2 Å². The first-order valence-corrected chi connectivity index (χ1v) is 8.89. The minimum atomic E-state index is 0. The standard InChI is InChI=1S/C19H31N3O.HI/c1-4-20-19(21-13-15(2)3)22-14-17-11-8-12-23-18(17)16-9-6-5-7-10-16;/h5-7,9-10,15,17-18H,4,8,11-14H2,1-3H3,(H2,20,21,22);1H. The summed E-state index contributed by atoms with van der Waals surface area (Å²) in [5.74, 6) is 1.97. The Bertz CT molecular complexity index is 479. The maximum Gasteiger partial charge on any atom is 0.191 e. The Hall–Kier alpha value is -0.820. The van der Waals surface area contributed by atoms with Crippen LogP contribution in [0.4, 0.5) is 0 Å². The van der Waals surface area contributed by atoms with Gasteiger partial charge in [0.25, 0.3) is 0 Å². The van der Waals surface area contributed by atoms with Gasteiger partial charge in [0.15, 0.2) is 5.96 Å². The van der Waals surface area contributed by atoms with Crippen LogP contribution < -0.4 is 10.6 Å². The highest BCUT2D eigenvalue weighted by Gasteiger charge is 2.27. The van der Waals surface area contributed by atoms with E-state index in [1.807, 2.05) is 0 Å². The van der Waals surface area contributed by atoms with Crippen LogP contribution in [0.2, 0.25) is 0 Å². The predicted molar refractivity (Wildman–Crippen MR) is 112 cm³/mol. The van der Waals surface area contributed by atoms with Crippen molar-refractivity contribution < 1.29 is 4.74 Å². The van der Waals surface area contributed by atoms with Crippen molar-refractivity contribution in [3.8, 4) is 0 Å². The van der Waals surface area contributed by atoms with E-state index in [4.69, 9.17) is 4.74 Å². The van der Waals surface area contributed by atoms with Gasteiger partial charge in [-0.05, 0) is 31.2 Å². The summed E-state index contributed by atoms with van der Waals surface area (Å²) in [7, 11) is 0. The number of nitrogens with zero attached hydrogens (tertiary/aromatic N) is 1. The molecule has 0 radical (unpaired) electrons. The normalized spacial score (nSPS) is 21.2. The van der Waals surface area contributed by atoms with Gasteiger partial charge in [-0.15, -0.1) is 24.0 Å². The van der Waals surface area contributed by atoms with Gasteiger partial charge >= 0.3 is 0 Å². The van der Waals surface area contributed by atoms with Gasteiger partial charge in [0.05, 0.1) is 6.10 Å². The van der Waals surface area contributed by atoms with Crippen LogP contribution in [0, 0.1) is 11.8 Å². The number of ether oxygens (including phenoxy) is 1. The number of guanidine groups is 1. The van der Waals surface area contributed by atoms with Crippen LogP contribution in [0.1, 0.15) is 45.3 Å². The van der Waals surface area contributed by atoms with Crippen LogP contribution in [-0.4, -0.2) is 32.2 Å². The first-order chi connectivity index (χ1) is 11.2. The molecule has 1 aromatic carbocycles. The van der Waals surface area contributed by atoms with Gasteiger partial charge in [0.2, 0.25) is 0 Å². The molecule has 24 heavy (non-hydrogen) atoms. The van der Waals surface area contributed by atoms with E-state index in [1.165, 1.54) is 12.0 Å². The smallest absolute Gasteiger partial charge is 0.191 e. The quantitative estimate of drug-likeness (QED) is 0.396. The molecule has 0 aliphatic carbocycles. The summed E-state index contributed by atoms with van der Waals surface area (Å²) >= 11 is 0. The highest BCUT2D eigenvalue weighted by atomic mass is 127. The van der Waals surface area contributed by atoms with Crippen LogP contribution in [-0.2, 0) is 4.74 Å². The Kier molecular flexibility index (Phi) is 10.3.